The molecule has 2 aromatic carbocycles. The van der Waals surface area contributed by atoms with Crippen LogP contribution in [0.25, 0.3) is 0 Å². The standard InChI is InChI=1S/C18H17F2NOS/c19-15-9-8-13(10-16(15)20)23-11-18(22)21-17-7-3-5-12-4-1-2-6-14(12)17/h1-2,4,6,8-10,17H,3,5,7,11H2,(H,21,22)/t17-/m0/s1. The maximum absolute atomic E-state index is 13.2. The predicted molar refractivity (Wildman–Crippen MR) is 87.3 cm³/mol. The third-order valence-corrected chi connectivity index (χ3v) is 4.96. The number of hydrogen-bond donors (Lipinski definition) is 1. The fourth-order valence-corrected chi connectivity index (χ4v) is 3.59. The Morgan fingerprint density at radius 1 is 1.17 bits per heavy atom. The highest BCUT2D eigenvalue weighted by Gasteiger charge is 2.21. The number of halogens is 2. The Hall–Kier alpha value is -1.88. The summed E-state index contributed by atoms with van der Waals surface area (Å²) in [4.78, 5) is 12.7. The molecule has 0 aliphatic heterocycles. The molecule has 0 radical (unpaired) electrons. The van der Waals surface area contributed by atoms with Crippen LogP contribution in [0.2, 0.25) is 0 Å². The summed E-state index contributed by atoms with van der Waals surface area (Å²) in [6.07, 6.45) is 3.03. The molecule has 0 saturated heterocycles. The van der Waals surface area contributed by atoms with Crippen LogP contribution in [0.5, 0.6) is 0 Å². The van der Waals surface area contributed by atoms with Gasteiger partial charge in [-0.15, -0.1) is 11.8 Å². The number of thioether (sulfide) groups is 1. The van der Waals surface area contributed by atoms with Crippen LogP contribution in [0, 0.1) is 11.6 Å². The molecule has 0 spiro atoms. The topological polar surface area (TPSA) is 29.1 Å². The second-order valence-corrected chi connectivity index (χ2v) is 6.62. The van der Waals surface area contributed by atoms with Crippen molar-refractivity contribution in [3.05, 3.63) is 65.2 Å². The predicted octanol–water partition coefficient (Wildman–Crippen LogP) is 4.25. The smallest absolute Gasteiger partial charge is 0.230 e. The fraction of sp³-hybridized carbons (Fsp3) is 0.278. The lowest BCUT2D eigenvalue weighted by Gasteiger charge is -2.26. The highest BCUT2D eigenvalue weighted by atomic mass is 32.2. The Kier molecular flexibility index (Phi) is 4.96. The average Bonchev–Trinajstić information content (AvgIpc) is 2.56. The minimum Gasteiger partial charge on any atom is -0.349 e. The lowest BCUT2D eigenvalue weighted by molar-refractivity contribution is -0.119. The van der Waals surface area contributed by atoms with Crippen molar-refractivity contribution >= 4 is 17.7 Å². The van der Waals surface area contributed by atoms with Gasteiger partial charge in [0, 0.05) is 4.90 Å². The van der Waals surface area contributed by atoms with Gasteiger partial charge in [-0.2, -0.15) is 0 Å². The number of carbonyl (C=O) groups excluding carboxylic acids is 1. The largest absolute Gasteiger partial charge is 0.349 e. The third-order valence-electron chi connectivity index (χ3n) is 3.97. The Bertz CT molecular complexity index is 720. The number of rotatable bonds is 4. The van der Waals surface area contributed by atoms with Gasteiger partial charge < -0.3 is 5.32 Å². The number of hydrogen-bond acceptors (Lipinski definition) is 2. The lowest BCUT2D eigenvalue weighted by Crippen LogP contribution is -2.32. The van der Waals surface area contributed by atoms with E-state index in [9.17, 15) is 13.6 Å². The fourth-order valence-electron chi connectivity index (χ4n) is 2.86. The molecule has 120 valence electrons. The molecule has 1 N–H and O–H groups in total. The van der Waals surface area contributed by atoms with Gasteiger partial charge in [0.2, 0.25) is 5.91 Å². The maximum Gasteiger partial charge on any atom is 0.230 e. The molecule has 0 saturated carbocycles. The Labute approximate surface area is 138 Å². The number of carbonyl (C=O) groups is 1. The van der Waals surface area contributed by atoms with E-state index in [2.05, 4.69) is 17.4 Å². The molecule has 1 amide bonds. The minimum absolute atomic E-state index is 0.0398. The molecule has 23 heavy (non-hydrogen) atoms. The average molecular weight is 333 g/mol. The van der Waals surface area contributed by atoms with Crippen LogP contribution in [0.3, 0.4) is 0 Å². The monoisotopic (exact) mass is 333 g/mol. The second kappa shape index (κ2) is 7.13. The molecule has 3 rings (SSSR count). The second-order valence-electron chi connectivity index (χ2n) is 5.58. The van der Waals surface area contributed by atoms with E-state index < -0.39 is 11.6 Å². The van der Waals surface area contributed by atoms with E-state index >= 15 is 0 Å². The van der Waals surface area contributed by atoms with Crippen molar-refractivity contribution in [2.45, 2.75) is 30.2 Å². The van der Waals surface area contributed by atoms with Gasteiger partial charge in [0.05, 0.1) is 11.8 Å². The number of benzene rings is 2. The van der Waals surface area contributed by atoms with Gasteiger partial charge in [-0.25, -0.2) is 8.78 Å². The molecular formula is C18H17F2NOS. The molecule has 2 aromatic rings. The summed E-state index contributed by atoms with van der Waals surface area (Å²) >= 11 is 1.20. The number of nitrogens with one attached hydrogen (secondary N) is 1. The van der Waals surface area contributed by atoms with Crippen molar-refractivity contribution in [1.82, 2.24) is 5.32 Å². The van der Waals surface area contributed by atoms with E-state index in [4.69, 9.17) is 0 Å². The molecule has 1 aliphatic carbocycles. The molecule has 0 bridgehead atoms. The molecule has 0 heterocycles. The Morgan fingerprint density at radius 3 is 2.83 bits per heavy atom. The first kappa shape index (κ1) is 16.0. The van der Waals surface area contributed by atoms with E-state index in [0.717, 1.165) is 31.4 Å². The van der Waals surface area contributed by atoms with E-state index in [1.807, 2.05) is 12.1 Å². The van der Waals surface area contributed by atoms with Gasteiger partial charge >= 0.3 is 0 Å². The van der Waals surface area contributed by atoms with E-state index in [1.165, 1.54) is 29.0 Å². The van der Waals surface area contributed by atoms with Crippen LogP contribution < -0.4 is 5.32 Å². The molecule has 2 nitrogen and oxygen atoms in total. The van der Waals surface area contributed by atoms with Gasteiger partial charge in [-0.3, -0.25) is 4.79 Å². The normalized spacial score (nSPS) is 16.7. The summed E-state index contributed by atoms with van der Waals surface area (Å²) in [5.74, 6) is -1.68. The summed E-state index contributed by atoms with van der Waals surface area (Å²) in [6, 6.07) is 11.9. The van der Waals surface area contributed by atoms with Gasteiger partial charge in [-0.1, -0.05) is 24.3 Å². The SMILES string of the molecule is O=C(CSc1ccc(F)c(F)c1)N[C@H]1CCCc2ccccc21. The minimum atomic E-state index is -0.892. The number of fused-ring (bicyclic) bond motifs is 1. The Morgan fingerprint density at radius 2 is 2.00 bits per heavy atom. The first-order valence-corrected chi connectivity index (χ1v) is 8.57. The van der Waals surface area contributed by atoms with E-state index in [0.29, 0.717) is 4.90 Å². The Balaban J connectivity index is 1.59. The molecule has 5 heteroatoms. The van der Waals surface area contributed by atoms with Crippen molar-refractivity contribution in [3.8, 4) is 0 Å². The number of amides is 1. The van der Waals surface area contributed by atoms with Crippen molar-refractivity contribution in [3.63, 3.8) is 0 Å². The van der Waals surface area contributed by atoms with Gasteiger partial charge in [-0.05, 0) is 48.6 Å². The maximum atomic E-state index is 13.2. The van der Waals surface area contributed by atoms with Gasteiger partial charge in [0.1, 0.15) is 0 Å². The van der Waals surface area contributed by atoms with Crippen LogP contribution in [-0.2, 0) is 11.2 Å². The zero-order chi connectivity index (χ0) is 16.2. The van der Waals surface area contributed by atoms with Crippen LogP contribution in [0.15, 0.2) is 47.4 Å². The third kappa shape index (κ3) is 3.91. The van der Waals surface area contributed by atoms with Crippen molar-refractivity contribution in [1.29, 1.82) is 0 Å². The highest BCUT2D eigenvalue weighted by Crippen LogP contribution is 2.29. The van der Waals surface area contributed by atoms with Crippen LogP contribution in [-0.4, -0.2) is 11.7 Å². The summed E-state index contributed by atoms with van der Waals surface area (Å²) < 4.78 is 26.0. The van der Waals surface area contributed by atoms with Crippen molar-refractivity contribution in [2.24, 2.45) is 0 Å². The summed E-state index contributed by atoms with van der Waals surface area (Å²) in [7, 11) is 0. The molecule has 0 aromatic heterocycles. The highest BCUT2D eigenvalue weighted by molar-refractivity contribution is 8.00. The molecule has 0 unspecified atom stereocenters. The van der Waals surface area contributed by atoms with Crippen LogP contribution >= 0.6 is 11.8 Å². The summed E-state index contributed by atoms with van der Waals surface area (Å²) in [5, 5.41) is 3.04. The number of aryl methyl sites for hydroxylation is 1. The summed E-state index contributed by atoms with van der Waals surface area (Å²) in [6.45, 7) is 0. The molecule has 1 aliphatic rings. The lowest BCUT2D eigenvalue weighted by atomic mass is 9.88. The van der Waals surface area contributed by atoms with Crippen LogP contribution in [0.4, 0.5) is 8.78 Å². The first-order chi connectivity index (χ1) is 11.1. The quantitative estimate of drug-likeness (QED) is 0.848. The molecule has 1 atom stereocenters. The van der Waals surface area contributed by atoms with Gasteiger partial charge in [0.15, 0.2) is 11.6 Å². The van der Waals surface area contributed by atoms with E-state index in [-0.39, 0.29) is 17.7 Å². The molecule has 0 fully saturated rings. The van der Waals surface area contributed by atoms with Gasteiger partial charge in [0.25, 0.3) is 0 Å². The van der Waals surface area contributed by atoms with E-state index in [1.54, 1.807) is 0 Å². The summed E-state index contributed by atoms with van der Waals surface area (Å²) in [5.41, 5.74) is 2.47. The van der Waals surface area contributed by atoms with Crippen molar-refractivity contribution in [2.75, 3.05) is 5.75 Å². The van der Waals surface area contributed by atoms with Crippen LogP contribution in [0.1, 0.15) is 30.0 Å². The zero-order valence-corrected chi connectivity index (χ0v) is 13.3. The van der Waals surface area contributed by atoms with Crippen molar-refractivity contribution < 1.29 is 13.6 Å². The zero-order valence-electron chi connectivity index (χ0n) is 12.5. The molecular weight excluding hydrogens is 316 g/mol. The first-order valence-electron chi connectivity index (χ1n) is 7.58.